The Morgan fingerprint density at radius 1 is 1.10 bits per heavy atom. The number of aliphatic hydroxyl groups is 3. The summed E-state index contributed by atoms with van der Waals surface area (Å²) in [6.45, 7) is 2.35. The minimum Gasteiger partial charge on any atom is -0.493 e. The zero-order chi connectivity index (χ0) is 21.8. The molecule has 0 amide bonds. The highest BCUT2D eigenvalue weighted by molar-refractivity contribution is 5.89. The lowest BCUT2D eigenvalue weighted by Crippen LogP contribution is -2.53. The van der Waals surface area contributed by atoms with Crippen LogP contribution in [0.5, 0.6) is 5.75 Å². The van der Waals surface area contributed by atoms with E-state index in [1.165, 1.54) is 24.0 Å². The minimum atomic E-state index is -1.57. The van der Waals surface area contributed by atoms with Gasteiger partial charge in [-0.3, -0.25) is 4.79 Å². The van der Waals surface area contributed by atoms with Crippen molar-refractivity contribution >= 4 is 5.78 Å². The molecule has 3 aliphatic rings. The van der Waals surface area contributed by atoms with Crippen molar-refractivity contribution in [3.63, 3.8) is 0 Å². The number of carbonyl (C=O) groups is 1. The summed E-state index contributed by atoms with van der Waals surface area (Å²) in [5.74, 6) is 0.412. The molecular weight excluding hydrogens is 396 g/mol. The SMILES string of the molecule is Cc1ccc([C@@H]2O[C@H](CO)[C@@H](O)[C@H](O)C2=O)cc1Cc1ccc2c(c1)C1(CCO2)CC1. The number of ketones is 1. The second-order valence-electron chi connectivity index (χ2n) is 9.15. The standard InChI is InChI=1S/C25H28O6/c1-14-2-4-16(24-23(29)22(28)21(27)20(13-26)31-24)12-17(14)10-15-3-5-19-18(11-15)25(6-7-25)8-9-30-19/h2-5,11-12,20-22,24,26-28H,6-10,13H2,1H3/t20-,21-,22+,24+/m1/s1. The molecule has 2 aromatic carbocycles. The molecule has 2 heterocycles. The molecule has 4 atom stereocenters. The van der Waals surface area contributed by atoms with Crippen molar-refractivity contribution in [1.29, 1.82) is 0 Å². The highest BCUT2D eigenvalue weighted by Gasteiger charge is 2.48. The van der Waals surface area contributed by atoms with E-state index in [2.05, 4.69) is 18.2 Å². The van der Waals surface area contributed by atoms with Crippen LogP contribution in [0.1, 0.15) is 53.2 Å². The Morgan fingerprint density at radius 2 is 1.90 bits per heavy atom. The zero-order valence-corrected chi connectivity index (χ0v) is 17.6. The van der Waals surface area contributed by atoms with E-state index in [9.17, 15) is 20.1 Å². The van der Waals surface area contributed by atoms with E-state index in [1.807, 2.05) is 19.1 Å². The van der Waals surface area contributed by atoms with Gasteiger partial charge in [0.05, 0.1) is 13.2 Å². The van der Waals surface area contributed by atoms with Gasteiger partial charge in [-0.05, 0) is 60.9 Å². The van der Waals surface area contributed by atoms with Crippen LogP contribution in [-0.2, 0) is 21.4 Å². The summed E-state index contributed by atoms with van der Waals surface area (Å²) in [5, 5.41) is 29.5. The molecule has 5 rings (SSSR count). The number of rotatable bonds is 4. The lowest BCUT2D eigenvalue weighted by Gasteiger charge is -2.35. The third kappa shape index (κ3) is 3.57. The summed E-state index contributed by atoms with van der Waals surface area (Å²) in [4.78, 5) is 12.6. The second kappa shape index (κ2) is 7.71. The van der Waals surface area contributed by atoms with Crippen molar-refractivity contribution in [2.45, 2.75) is 62.4 Å². The summed E-state index contributed by atoms with van der Waals surface area (Å²) >= 11 is 0. The van der Waals surface area contributed by atoms with Crippen LogP contribution < -0.4 is 4.74 Å². The molecule has 3 N–H and O–H groups in total. The number of aliphatic hydroxyl groups excluding tert-OH is 3. The molecule has 31 heavy (non-hydrogen) atoms. The Labute approximate surface area is 181 Å². The van der Waals surface area contributed by atoms with Gasteiger partial charge in [0.25, 0.3) is 0 Å². The highest BCUT2D eigenvalue weighted by atomic mass is 16.5. The monoisotopic (exact) mass is 424 g/mol. The van der Waals surface area contributed by atoms with Gasteiger partial charge in [0.2, 0.25) is 0 Å². The lowest BCUT2D eigenvalue weighted by molar-refractivity contribution is -0.189. The van der Waals surface area contributed by atoms with E-state index >= 15 is 0 Å². The predicted molar refractivity (Wildman–Crippen MR) is 113 cm³/mol. The third-order valence-corrected chi connectivity index (χ3v) is 7.12. The molecule has 6 nitrogen and oxygen atoms in total. The van der Waals surface area contributed by atoms with Gasteiger partial charge in [-0.25, -0.2) is 0 Å². The van der Waals surface area contributed by atoms with Gasteiger partial charge in [0.1, 0.15) is 30.2 Å². The minimum absolute atomic E-state index is 0.305. The summed E-state index contributed by atoms with van der Waals surface area (Å²) in [6.07, 6.45) is -0.773. The molecule has 6 heteroatoms. The van der Waals surface area contributed by atoms with Gasteiger partial charge in [-0.2, -0.15) is 0 Å². The quantitative estimate of drug-likeness (QED) is 0.696. The van der Waals surface area contributed by atoms with Gasteiger partial charge in [0, 0.05) is 11.0 Å². The average Bonchev–Trinajstić information content (AvgIpc) is 3.55. The van der Waals surface area contributed by atoms with Crippen LogP contribution in [0.15, 0.2) is 36.4 Å². The third-order valence-electron chi connectivity index (χ3n) is 7.12. The molecule has 0 bridgehead atoms. The molecule has 2 aliphatic heterocycles. The summed E-state index contributed by atoms with van der Waals surface area (Å²) in [5.41, 5.74) is 5.60. The molecule has 0 unspecified atom stereocenters. The molecular formula is C25H28O6. The van der Waals surface area contributed by atoms with Gasteiger partial charge < -0.3 is 24.8 Å². The number of carbonyl (C=O) groups excluding carboxylic acids is 1. The first-order chi connectivity index (χ1) is 14.9. The number of Topliss-reactive ketones (excluding diaryl/α,β-unsaturated/α-hetero) is 1. The van der Waals surface area contributed by atoms with E-state index in [0.29, 0.717) is 17.4 Å². The fourth-order valence-electron chi connectivity index (χ4n) is 4.90. The maximum Gasteiger partial charge on any atom is 0.197 e. The van der Waals surface area contributed by atoms with Gasteiger partial charge in [-0.1, -0.05) is 30.3 Å². The van der Waals surface area contributed by atoms with Crippen LogP contribution in [0.3, 0.4) is 0 Å². The highest BCUT2D eigenvalue weighted by Crippen LogP contribution is 2.56. The molecule has 2 fully saturated rings. The Hall–Kier alpha value is -2.25. The fourth-order valence-corrected chi connectivity index (χ4v) is 4.90. The maximum atomic E-state index is 12.6. The largest absolute Gasteiger partial charge is 0.493 e. The molecule has 0 radical (unpaired) electrons. The van der Waals surface area contributed by atoms with E-state index in [0.717, 1.165) is 29.9 Å². The summed E-state index contributed by atoms with van der Waals surface area (Å²) in [6, 6.07) is 12.1. The first-order valence-corrected chi connectivity index (χ1v) is 10.9. The van der Waals surface area contributed by atoms with Crippen molar-refractivity contribution < 1.29 is 29.6 Å². The van der Waals surface area contributed by atoms with E-state index < -0.39 is 36.8 Å². The fraction of sp³-hybridized carbons (Fsp3) is 0.480. The normalized spacial score (nSPS) is 28.8. The smallest absolute Gasteiger partial charge is 0.197 e. The zero-order valence-electron chi connectivity index (χ0n) is 17.6. The number of benzene rings is 2. The topological polar surface area (TPSA) is 96.2 Å². The van der Waals surface area contributed by atoms with E-state index in [1.54, 1.807) is 6.07 Å². The molecule has 2 aromatic rings. The van der Waals surface area contributed by atoms with Crippen molar-refractivity contribution in [3.8, 4) is 5.75 Å². The van der Waals surface area contributed by atoms with Gasteiger partial charge >= 0.3 is 0 Å². The summed E-state index contributed by atoms with van der Waals surface area (Å²) < 4.78 is 11.5. The second-order valence-corrected chi connectivity index (χ2v) is 9.15. The number of hydrogen-bond acceptors (Lipinski definition) is 6. The number of hydrogen-bond donors (Lipinski definition) is 3. The van der Waals surface area contributed by atoms with Crippen LogP contribution in [-0.4, -0.2) is 52.6 Å². The molecule has 1 saturated heterocycles. The Morgan fingerprint density at radius 3 is 2.65 bits per heavy atom. The Balaban J connectivity index is 1.43. The first-order valence-electron chi connectivity index (χ1n) is 10.9. The predicted octanol–water partition coefficient (Wildman–Crippen LogP) is 2.12. The number of fused-ring (bicyclic) bond motifs is 2. The molecule has 164 valence electrons. The van der Waals surface area contributed by atoms with Crippen LogP contribution >= 0.6 is 0 Å². The summed E-state index contributed by atoms with van der Waals surface area (Å²) in [7, 11) is 0. The van der Waals surface area contributed by atoms with Gasteiger partial charge in [-0.15, -0.1) is 0 Å². The Kier molecular flexibility index (Phi) is 5.13. The first kappa shape index (κ1) is 20.6. The molecule has 1 aliphatic carbocycles. The van der Waals surface area contributed by atoms with Crippen molar-refractivity contribution in [2.75, 3.05) is 13.2 Å². The van der Waals surface area contributed by atoms with Crippen molar-refractivity contribution in [2.24, 2.45) is 0 Å². The van der Waals surface area contributed by atoms with Crippen molar-refractivity contribution in [1.82, 2.24) is 0 Å². The number of aryl methyl sites for hydroxylation is 1. The lowest BCUT2D eigenvalue weighted by atomic mass is 9.87. The van der Waals surface area contributed by atoms with Crippen molar-refractivity contribution in [3.05, 3.63) is 64.2 Å². The maximum absolute atomic E-state index is 12.6. The Bertz CT molecular complexity index is 1010. The van der Waals surface area contributed by atoms with Crippen LogP contribution in [0, 0.1) is 6.92 Å². The van der Waals surface area contributed by atoms with E-state index in [-0.39, 0.29) is 0 Å². The van der Waals surface area contributed by atoms with Crippen LogP contribution in [0.4, 0.5) is 0 Å². The average molecular weight is 424 g/mol. The number of ether oxygens (including phenoxy) is 2. The molecule has 0 aromatic heterocycles. The molecule has 1 saturated carbocycles. The van der Waals surface area contributed by atoms with E-state index in [4.69, 9.17) is 9.47 Å². The molecule has 1 spiro atoms. The van der Waals surface area contributed by atoms with Crippen LogP contribution in [0.2, 0.25) is 0 Å². The van der Waals surface area contributed by atoms with Crippen LogP contribution in [0.25, 0.3) is 0 Å². The van der Waals surface area contributed by atoms with Gasteiger partial charge in [0.15, 0.2) is 5.78 Å².